The van der Waals surface area contributed by atoms with Gasteiger partial charge in [-0.05, 0) is 99.9 Å². The third kappa shape index (κ3) is 26.5. The summed E-state index contributed by atoms with van der Waals surface area (Å²) in [6, 6.07) is -3.78. The normalized spacial score (nSPS) is 15.6. The molecule has 0 fully saturated rings. The maximum atomic E-state index is 15.0. The number of carbonyl (C=O) groups is 13. The zero-order valence-corrected chi connectivity index (χ0v) is 60.4. The Morgan fingerprint density at radius 2 is 0.794 bits per heavy atom. The number of primary amides is 2. The molecule has 0 spiro atoms. The number of nitrogens with two attached hydrogens (primary N) is 4. The van der Waals surface area contributed by atoms with Crippen LogP contribution in [0.2, 0.25) is 0 Å². The van der Waals surface area contributed by atoms with E-state index >= 15 is 4.79 Å². The number of thiol groups is 2. The highest BCUT2D eigenvalue weighted by Crippen LogP contribution is 2.22. The smallest absolute Gasteiger partial charge is 0.245 e. The molecule has 2 heterocycles. The number of H-pyrrole nitrogens is 2. The van der Waals surface area contributed by atoms with Crippen molar-refractivity contribution in [3.8, 4) is 0 Å². The second-order valence-corrected chi connectivity index (χ2v) is 27.1. The van der Waals surface area contributed by atoms with Gasteiger partial charge in [0.15, 0.2) is 0 Å². The molecular formula is C67H103N17O16S2. The number of benzene rings is 2. The van der Waals surface area contributed by atoms with Crippen molar-refractivity contribution >= 4 is 124 Å². The zero-order chi connectivity index (χ0) is 76.2. The molecule has 0 bridgehead atoms. The van der Waals surface area contributed by atoms with Gasteiger partial charge in [0.2, 0.25) is 76.8 Å². The Labute approximate surface area is 602 Å². The SMILES string of the molecule is CC(C)C[C@H](NC(=O)[C@H](CCC(N)=O)NC(=O)[C@H](Cc1c[nH]c2ccccc12)NC(=O)[C@@H](NC(=O)[C@H](Cc1c[nH]c2ccccc12)NC(=O)[C@@H](NC(=O)[C@H](CS)NC(=O)[C@@H](N)CO)[C@@H](C)O)C(C)C)C(=O)N[C@@H](CC(C)C)C(=O)N[C@H](C(=O)N[C@@H](CS)C(=O)N[C@@H](CCCCN)C(N)=O)[C@@H](C)O. The summed E-state index contributed by atoms with van der Waals surface area (Å²) in [5.41, 5.74) is 24.7. The van der Waals surface area contributed by atoms with Crippen LogP contribution in [0.5, 0.6) is 0 Å². The molecular weight excluding hydrogens is 1360 g/mol. The van der Waals surface area contributed by atoms with Gasteiger partial charge < -0.3 is 107 Å². The number of amides is 13. The molecule has 0 radical (unpaired) electrons. The first-order valence-corrected chi connectivity index (χ1v) is 35.1. The average molecular weight is 1470 g/mol. The Bertz CT molecular complexity index is 3530. The molecule has 0 saturated carbocycles. The Morgan fingerprint density at radius 3 is 1.21 bits per heavy atom. The van der Waals surface area contributed by atoms with Crippen LogP contribution in [0.1, 0.15) is 111 Å². The predicted molar refractivity (Wildman–Crippen MR) is 386 cm³/mol. The van der Waals surface area contributed by atoms with Crippen molar-refractivity contribution in [3.63, 3.8) is 0 Å². The standard InChI is InChI=1S/C67H103N17O16S2/c1-32(2)23-46(59(92)77-47(24-33(3)4)61(94)83-55(36(8)87)67(100)81-50(30-101)63(96)74-44(56(71)89)19-13-14-22-68)76-58(91)45(20-21-52(70)88)75-60(93)48(25-37-27-72-42-17-11-9-15-39(37)42)78-65(98)53(34(5)6)82-62(95)49(26-38-28-73-43-18-12-10-16-40(38)43)79-66(99)54(35(7)86)84-64(97)51(31-102)80-57(90)41(69)29-85/h9-12,15-18,27-28,32-36,41,44-51,53-55,72-73,85-87,101-102H,13-14,19-26,29-31,68-69H2,1-8H3,(H2,70,88)(H2,71,89)(H,74,96)(H,75,93)(H,76,91)(H,77,92)(H,78,98)(H,79,99)(H,80,90)(H,81,100)(H,82,95)(H,83,94)(H,84,97)/t35-,36-,41+,44+,45+,46+,47+,48+,49+,50+,51+,53+,54+,55+/m1/s1. The fourth-order valence-electron chi connectivity index (χ4n) is 10.9. The second-order valence-electron chi connectivity index (χ2n) is 26.4. The lowest BCUT2D eigenvalue weighted by atomic mass is 9.98. The molecule has 0 saturated heterocycles. The van der Waals surface area contributed by atoms with Crippen molar-refractivity contribution in [2.24, 2.45) is 40.7 Å². The molecule has 0 aliphatic rings. The lowest BCUT2D eigenvalue weighted by molar-refractivity contribution is -0.137. The van der Waals surface area contributed by atoms with Crippen LogP contribution in [-0.2, 0) is 75.2 Å². The lowest BCUT2D eigenvalue weighted by Crippen LogP contribution is -2.63. The van der Waals surface area contributed by atoms with Gasteiger partial charge in [0.1, 0.15) is 72.5 Å². The third-order valence-electron chi connectivity index (χ3n) is 16.6. The second kappa shape index (κ2) is 41.9. The summed E-state index contributed by atoms with van der Waals surface area (Å²) in [5, 5.41) is 60.5. The highest BCUT2D eigenvalue weighted by molar-refractivity contribution is 7.80. The number of aliphatic hydroxyl groups excluding tert-OH is 3. The third-order valence-corrected chi connectivity index (χ3v) is 17.3. The summed E-state index contributed by atoms with van der Waals surface area (Å²) < 4.78 is 0. The van der Waals surface area contributed by atoms with Gasteiger partial charge >= 0.3 is 0 Å². The summed E-state index contributed by atoms with van der Waals surface area (Å²) >= 11 is 8.32. The molecule has 4 aromatic rings. The number of hydrogen-bond acceptors (Lipinski definition) is 20. The van der Waals surface area contributed by atoms with Crippen LogP contribution in [0.25, 0.3) is 21.8 Å². The van der Waals surface area contributed by atoms with E-state index in [2.05, 4.69) is 93.7 Å². The minimum absolute atomic E-state index is 0.0453. The summed E-state index contributed by atoms with van der Waals surface area (Å²) in [6.45, 7) is 12.1. The number of unbranched alkanes of at least 4 members (excludes halogenated alkanes) is 1. The summed E-state index contributed by atoms with van der Waals surface area (Å²) in [5.74, 6) is -14.2. The first kappa shape index (κ1) is 85.5. The van der Waals surface area contributed by atoms with Crippen molar-refractivity contribution in [2.45, 2.75) is 198 Å². The fourth-order valence-corrected chi connectivity index (χ4v) is 11.4. The number of nitrogens with one attached hydrogen (secondary N) is 13. The summed E-state index contributed by atoms with van der Waals surface area (Å²) in [4.78, 5) is 186. The van der Waals surface area contributed by atoms with E-state index in [0.29, 0.717) is 52.3 Å². The number of rotatable bonds is 44. The van der Waals surface area contributed by atoms with E-state index < -0.39 is 187 Å². The van der Waals surface area contributed by atoms with Crippen LogP contribution in [0, 0.1) is 17.8 Å². The van der Waals surface area contributed by atoms with E-state index in [0.717, 1.165) is 0 Å². The van der Waals surface area contributed by atoms with Crippen LogP contribution in [-0.4, -0.2) is 211 Å². The van der Waals surface area contributed by atoms with Gasteiger partial charge in [-0.3, -0.25) is 62.3 Å². The fraction of sp³-hybridized carbons (Fsp3) is 0.567. The maximum Gasteiger partial charge on any atom is 0.245 e. The molecule has 102 heavy (non-hydrogen) atoms. The lowest BCUT2D eigenvalue weighted by Gasteiger charge is -2.30. The number of aliphatic hydroxyl groups is 3. The Balaban J connectivity index is 1.66. The molecule has 2 aromatic carbocycles. The van der Waals surface area contributed by atoms with Gasteiger partial charge in [-0.25, -0.2) is 0 Å². The molecule has 33 nitrogen and oxygen atoms in total. The Kier molecular flexibility index (Phi) is 35.1. The van der Waals surface area contributed by atoms with Crippen LogP contribution >= 0.6 is 25.3 Å². The van der Waals surface area contributed by atoms with Gasteiger partial charge in [-0.1, -0.05) is 77.9 Å². The van der Waals surface area contributed by atoms with Crippen molar-refractivity contribution in [3.05, 3.63) is 72.1 Å². The van der Waals surface area contributed by atoms with Crippen molar-refractivity contribution < 1.29 is 77.6 Å². The molecule has 4 rings (SSSR count). The van der Waals surface area contributed by atoms with Gasteiger partial charge in [-0.2, -0.15) is 25.3 Å². The van der Waals surface area contributed by atoms with Gasteiger partial charge in [0, 0.05) is 65.0 Å². The van der Waals surface area contributed by atoms with Crippen molar-refractivity contribution in [1.82, 2.24) is 68.5 Å². The molecule has 2 aromatic heterocycles. The van der Waals surface area contributed by atoms with E-state index in [-0.39, 0.29) is 55.4 Å². The van der Waals surface area contributed by atoms with Gasteiger partial charge in [0.25, 0.3) is 0 Å². The average Bonchev–Trinajstić information content (AvgIpc) is 1.52. The van der Waals surface area contributed by atoms with Crippen LogP contribution < -0.4 is 81.4 Å². The number of aromatic amines is 2. The molecule has 24 N–H and O–H groups in total. The van der Waals surface area contributed by atoms with Crippen molar-refractivity contribution in [2.75, 3.05) is 24.7 Å². The number of aromatic nitrogens is 2. The van der Waals surface area contributed by atoms with Crippen LogP contribution in [0.4, 0.5) is 0 Å². The zero-order valence-electron chi connectivity index (χ0n) is 58.6. The molecule has 0 unspecified atom stereocenters. The predicted octanol–water partition coefficient (Wildman–Crippen LogP) is -3.66. The monoisotopic (exact) mass is 1470 g/mol. The maximum absolute atomic E-state index is 15.0. The summed E-state index contributed by atoms with van der Waals surface area (Å²) in [6.07, 6.45) is -0.321. The number of fused-ring (bicyclic) bond motifs is 2. The van der Waals surface area contributed by atoms with E-state index in [1.54, 1.807) is 102 Å². The topological polar surface area (TPSA) is 551 Å². The van der Waals surface area contributed by atoms with Crippen LogP contribution in [0.15, 0.2) is 60.9 Å². The number of carbonyl (C=O) groups excluding carboxylic acids is 13. The number of hydrogen-bond donors (Lipinski definition) is 22. The van der Waals surface area contributed by atoms with Gasteiger partial charge in [0.05, 0.1) is 18.8 Å². The first-order valence-electron chi connectivity index (χ1n) is 33.8. The van der Waals surface area contributed by atoms with E-state index in [9.17, 15) is 72.9 Å². The van der Waals surface area contributed by atoms with Crippen molar-refractivity contribution in [1.29, 1.82) is 0 Å². The molecule has 564 valence electrons. The summed E-state index contributed by atoms with van der Waals surface area (Å²) in [7, 11) is 0. The van der Waals surface area contributed by atoms with Gasteiger partial charge in [-0.15, -0.1) is 0 Å². The Hall–Kier alpha value is -8.87. The molecule has 0 aliphatic carbocycles. The Morgan fingerprint density at radius 1 is 0.441 bits per heavy atom. The quantitative estimate of drug-likeness (QED) is 0.0150. The van der Waals surface area contributed by atoms with E-state index in [1.165, 1.54) is 13.8 Å². The minimum atomic E-state index is -1.76. The molecule has 13 amide bonds. The first-order chi connectivity index (χ1) is 48.1. The van der Waals surface area contributed by atoms with E-state index in [1.807, 2.05) is 0 Å². The van der Waals surface area contributed by atoms with E-state index in [4.69, 9.17) is 22.9 Å². The molecule has 35 heteroatoms. The number of para-hydroxylation sites is 2. The highest BCUT2D eigenvalue weighted by atomic mass is 32.1. The highest BCUT2D eigenvalue weighted by Gasteiger charge is 2.39. The minimum Gasteiger partial charge on any atom is -0.394 e. The largest absolute Gasteiger partial charge is 0.394 e. The van der Waals surface area contributed by atoms with Crippen LogP contribution in [0.3, 0.4) is 0 Å². The molecule has 14 atom stereocenters. The molecule has 0 aliphatic heterocycles.